The third-order valence-corrected chi connectivity index (χ3v) is 4.91. The Balaban J connectivity index is 1.59. The molecule has 4 nitrogen and oxygen atoms in total. The van der Waals surface area contributed by atoms with Gasteiger partial charge in [-0.3, -0.25) is 4.79 Å². The van der Waals surface area contributed by atoms with Gasteiger partial charge in [-0.2, -0.15) is 0 Å². The fourth-order valence-corrected chi connectivity index (χ4v) is 3.57. The first-order chi connectivity index (χ1) is 12.2. The molecule has 1 amide bonds. The first-order valence-electron chi connectivity index (χ1n) is 8.61. The summed E-state index contributed by atoms with van der Waals surface area (Å²) in [4.78, 5) is 14.7. The summed E-state index contributed by atoms with van der Waals surface area (Å²) in [7, 11) is 1.85. The summed E-state index contributed by atoms with van der Waals surface area (Å²) >= 11 is 0. The molecular weight excluding hydrogens is 312 g/mol. The van der Waals surface area contributed by atoms with E-state index in [0.29, 0.717) is 11.5 Å². The monoisotopic (exact) mass is 332 g/mol. The van der Waals surface area contributed by atoms with Crippen LogP contribution in [0.2, 0.25) is 0 Å². The Morgan fingerprint density at radius 2 is 1.88 bits per heavy atom. The zero-order valence-electron chi connectivity index (χ0n) is 14.2. The van der Waals surface area contributed by atoms with Gasteiger partial charge in [0.1, 0.15) is 0 Å². The van der Waals surface area contributed by atoms with Gasteiger partial charge in [0, 0.05) is 18.7 Å². The smallest absolute Gasteiger partial charge is 0.276 e. The molecule has 0 radical (unpaired) electrons. The van der Waals surface area contributed by atoms with E-state index in [1.165, 1.54) is 11.1 Å². The molecule has 0 saturated heterocycles. The number of carbonyl (C=O) groups excluding carboxylic acids is 1. The lowest BCUT2D eigenvalue weighted by molar-refractivity contribution is 0.0704. The Morgan fingerprint density at radius 1 is 1.12 bits per heavy atom. The molecule has 2 aromatic carbocycles. The van der Waals surface area contributed by atoms with Gasteiger partial charge in [0.15, 0.2) is 11.5 Å². The second kappa shape index (κ2) is 6.55. The lowest BCUT2D eigenvalue weighted by Gasteiger charge is -2.32. The molecule has 1 atom stereocenters. The molecule has 0 bridgehead atoms. The number of aromatic nitrogens is 1. The van der Waals surface area contributed by atoms with Crippen LogP contribution in [0.25, 0.3) is 11.3 Å². The van der Waals surface area contributed by atoms with Gasteiger partial charge in [-0.1, -0.05) is 59.8 Å². The van der Waals surface area contributed by atoms with Crippen molar-refractivity contribution in [2.24, 2.45) is 0 Å². The van der Waals surface area contributed by atoms with Crippen molar-refractivity contribution in [2.45, 2.75) is 25.3 Å². The van der Waals surface area contributed by atoms with Crippen molar-refractivity contribution in [3.8, 4) is 11.3 Å². The summed E-state index contributed by atoms with van der Waals surface area (Å²) in [6.45, 7) is 0. The van der Waals surface area contributed by atoms with E-state index in [1.54, 1.807) is 11.0 Å². The molecule has 1 aliphatic carbocycles. The van der Waals surface area contributed by atoms with Crippen LogP contribution < -0.4 is 0 Å². The van der Waals surface area contributed by atoms with Gasteiger partial charge >= 0.3 is 0 Å². The van der Waals surface area contributed by atoms with E-state index < -0.39 is 0 Å². The SMILES string of the molecule is CN(C(=O)c1cc(-c2ccccc2)on1)[C@H]1CCCc2ccccc21. The van der Waals surface area contributed by atoms with Gasteiger partial charge < -0.3 is 9.42 Å². The fourth-order valence-electron chi connectivity index (χ4n) is 3.57. The average molecular weight is 332 g/mol. The van der Waals surface area contributed by atoms with Crippen molar-refractivity contribution in [1.29, 1.82) is 0 Å². The molecule has 1 aromatic heterocycles. The van der Waals surface area contributed by atoms with Gasteiger partial charge in [0.05, 0.1) is 6.04 Å². The topological polar surface area (TPSA) is 46.3 Å². The van der Waals surface area contributed by atoms with E-state index in [0.717, 1.165) is 24.8 Å². The predicted molar refractivity (Wildman–Crippen MR) is 96.2 cm³/mol. The average Bonchev–Trinajstić information content (AvgIpc) is 3.17. The van der Waals surface area contributed by atoms with Crippen LogP contribution in [0.15, 0.2) is 65.2 Å². The Hall–Kier alpha value is -2.88. The standard InChI is InChI=1S/C21H20N2O2/c1-23(19-13-7-11-15-8-5-6-12-17(15)19)21(24)18-14-20(25-22-18)16-9-3-2-4-10-16/h2-6,8-10,12,14,19H,7,11,13H2,1H3/t19-/m0/s1. The van der Waals surface area contributed by atoms with Crippen LogP contribution in [0.1, 0.15) is 40.5 Å². The minimum Gasteiger partial charge on any atom is -0.355 e. The number of benzene rings is 2. The molecule has 0 unspecified atom stereocenters. The summed E-state index contributed by atoms with van der Waals surface area (Å²) < 4.78 is 5.38. The largest absolute Gasteiger partial charge is 0.355 e. The van der Waals surface area contributed by atoms with Gasteiger partial charge in [-0.05, 0) is 30.4 Å². The van der Waals surface area contributed by atoms with Gasteiger partial charge in [-0.15, -0.1) is 0 Å². The molecule has 4 heteroatoms. The Labute approximate surface area is 147 Å². The lowest BCUT2D eigenvalue weighted by Crippen LogP contribution is -2.33. The molecule has 4 rings (SSSR count). The predicted octanol–water partition coefficient (Wildman–Crippen LogP) is 4.49. The van der Waals surface area contributed by atoms with Gasteiger partial charge in [0.25, 0.3) is 5.91 Å². The zero-order chi connectivity index (χ0) is 17.2. The summed E-state index contributed by atoms with van der Waals surface area (Å²) in [6.07, 6.45) is 3.15. The van der Waals surface area contributed by atoms with Crippen LogP contribution >= 0.6 is 0 Å². The number of hydrogen-bond acceptors (Lipinski definition) is 3. The number of nitrogens with zero attached hydrogens (tertiary/aromatic N) is 2. The van der Waals surface area contributed by atoms with E-state index in [2.05, 4.69) is 23.4 Å². The summed E-state index contributed by atoms with van der Waals surface area (Å²) in [6, 6.07) is 19.9. The maximum Gasteiger partial charge on any atom is 0.276 e. The number of aryl methyl sites for hydroxylation is 1. The minimum absolute atomic E-state index is 0.0920. The second-order valence-electron chi connectivity index (χ2n) is 6.47. The van der Waals surface area contributed by atoms with Crippen LogP contribution in [0, 0.1) is 0 Å². The Bertz CT molecular complexity index is 886. The van der Waals surface area contributed by atoms with Crippen molar-refractivity contribution in [2.75, 3.05) is 7.05 Å². The zero-order valence-corrected chi connectivity index (χ0v) is 14.2. The molecule has 0 fully saturated rings. The first-order valence-corrected chi connectivity index (χ1v) is 8.61. The fraction of sp³-hybridized carbons (Fsp3) is 0.238. The highest BCUT2D eigenvalue weighted by atomic mass is 16.5. The molecule has 0 saturated carbocycles. The quantitative estimate of drug-likeness (QED) is 0.710. The van der Waals surface area contributed by atoms with Crippen LogP contribution in [-0.4, -0.2) is 23.0 Å². The normalized spacial score (nSPS) is 16.3. The van der Waals surface area contributed by atoms with Crippen LogP contribution in [0.5, 0.6) is 0 Å². The second-order valence-corrected chi connectivity index (χ2v) is 6.47. The Morgan fingerprint density at radius 3 is 2.72 bits per heavy atom. The Kier molecular flexibility index (Phi) is 4.10. The van der Waals surface area contributed by atoms with Gasteiger partial charge in [-0.25, -0.2) is 0 Å². The van der Waals surface area contributed by atoms with Crippen molar-refractivity contribution < 1.29 is 9.32 Å². The number of carbonyl (C=O) groups is 1. The molecule has 0 aliphatic heterocycles. The molecule has 0 spiro atoms. The molecule has 25 heavy (non-hydrogen) atoms. The lowest BCUT2D eigenvalue weighted by atomic mass is 9.87. The van der Waals surface area contributed by atoms with Crippen LogP contribution in [0.4, 0.5) is 0 Å². The molecular formula is C21H20N2O2. The molecule has 0 N–H and O–H groups in total. The van der Waals surface area contributed by atoms with E-state index >= 15 is 0 Å². The third kappa shape index (κ3) is 2.95. The molecule has 1 aliphatic rings. The first kappa shape index (κ1) is 15.6. The van der Waals surface area contributed by atoms with E-state index in [1.807, 2.05) is 43.4 Å². The highest BCUT2D eigenvalue weighted by molar-refractivity contribution is 5.93. The molecule has 126 valence electrons. The number of amides is 1. The van der Waals surface area contributed by atoms with E-state index in [9.17, 15) is 4.79 Å². The van der Waals surface area contributed by atoms with Crippen molar-refractivity contribution in [3.63, 3.8) is 0 Å². The summed E-state index contributed by atoms with van der Waals surface area (Å²) in [5.41, 5.74) is 3.85. The van der Waals surface area contributed by atoms with Crippen molar-refractivity contribution in [1.82, 2.24) is 10.1 Å². The molecule has 3 aromatic rings. The minimum atomic E-state index is -0.104. The summed E-state index contributed by atoms with van der Waals surface area (Å²) in [5.74, 6) is 0.508. The van der Waals surface area contributed by atoms with Crippen LogP contribution in [0.3, 0.4) is 0 Å². The van der Waals surface area contributed by atoms with Crippen molar-refractivity contribution in [3.05, 3.63) is 77.5 Å². The van der Waals surface area contributed by atoms with Crippen LogP contribution in [-0.2, 0) is 6.42 Å². The summed E-state index contributed by atoms with van der Waals surface area (Å²) in [5, 5.41) is 4.00. The number of hydrogen-bond donors (Lipinski definition) is 0. The highest BCUT2D eigenvalue weighted by Crippen LogP contribution is 2.34. The van der Waals surface area contributed by atoms with Crippen molar-refractivity contribution >= 4 is 5.91 Å². The van der Waals surface area contributed by atoms with Gasteiger partial charge in [0.2, 0.25) is 0 Å². The van der Waals surface area contributed by atoms with E-state index in [4.69, 9.17) is 4.52 Å². The number of rotatable bonds is 3. The third-order valence-electron chi connectivity index (χ3n) is 4.91. The number of fused-ring (bicyclic) bond motifs is 1. The van der Waals surface area contributed by atoms with E-state index in [-0.39, 0.29) is 11.9 Å². The maximum absolute atomic E-state index is 12.9. The maximum atomic E-state index is 12.9. The highest BCUT2D eigenvalue weighted by Gasteiger charge is 2.28. The molecule has 1 heterocycles.